The van der Waals surface area contributed by atoms with Crippen LogP contribution in [0.25, 0.3) is 11.4 Å². The lowest BCUT2D eigenvalue weighted by molar-refractivity contribution is -0.140. The SMILES string of the molecule is Cc1nc2c(C)cccn2c1/C(O)=C1\C(=O)C(=O)N(CCN(C)C)[C@H]1c1ccc(Cl)cc1. The minimum absolute atomic E-state index is 0.0579. The zero-order valence-corrected chi connectivity index (χ0v) is 19.2. The molecule has 1 aliphatic rings. The van der Waals surface area contributed by atoms with Gasteiger partial charge in [0.15, 0.2) is 5.76 Å². The number of aliphatic hydroxyl groups excluding tert-OH is 1. The summed E-state index contributed by atoms with van der Waals surface area (Å²) in [7, 11) is 3.80. The first kappa shape index (κ1) is 22.0. The third-order valence-electron chi connectivity index (χ3n) is 5.76. The van der Waals surface area contributed by atoms with Gasteiger partial charge in [-0.3, -0.25) is 14.0 Å². The van der Waals surface area contributed by atoms with E-state index < -0.39 is 17.7 Å². The molecule has 1 amide bonds. The van der Waals surface area contributed by atoms with E-state index in [-0.39, 0.29) is 11.3 Å². The standard InChI is InChI=1S/C24H25ClN4O3/c1-14-6-5-11-28-19(15(2)26-23(14)28)21(30)18-20(16-7-9-17(25)10-8-16)29(13-12-27(3)4)24(32)22(18)31/h5-11,20,30H,12-13H2,1-4H3/b21-18+/t20-/m0/s1. The van der Waals surface area contributed by atoms with Crippen molar-refractivity contribution in [1.82, 2.24) is 19.2 Å². The number of nitrogens with zero attached hydrogens (tertiary/aromatic N) is 4. The topological polar surface area (TPSA) is 78.1 Å². The Hall–Kier alpha value is -3.16. The Morgan fingerprint density at radius 1 is 1.16 bits per heavy atom. The van der Waals surface area contributed by atoms with Crippen LogP contribution in [0.15, 0.2) is 48.2 Å². The number of aliphatic hydroxyl groups is 1. The van der Waals surface area contributed by atoms with Gasteiger partial charge in [0.05, 0.1) is 17.3 Å². The van der Waals surface area contributed by atoms with Gasteiger partial charge in [0.25, 0.3) is 11.7 Å². The molecule has 1 N–H and O–H groups in total. The van der Waals surface area contributed by atoms with Crippen LogP contribution in [-0.4, -0.2) is 63.2 Å². The summed E-state index contributed by atoms with van der Waals surface area (Å²) in [5, 5.41) is 12.0. The maximum atomic E-state index is 13.2. The van der Waals surface area contributed by atoms with Crippen molar-refractivity contribution in [2.45, 2.75) is 19.9 Å². The van der Waals surface area contributed by atoms with Gasteiger partial charge in [-0.2, -0.15) is 0 Å². The molecule has 1 saturated heterocycles. The molecule has 3 aromatic rings. The van der Waals surface area contributed by atoms with Crippen LogP contribution < -0.4 is 0 Å². The van der Waals surface area contributed by atoms with Crippen molar-refractivity contribution in [3.05, 3.63) is 75.7 Å². The number of hydrogen-bond acceptors (Lipinski definition) is 5. The van der Waals surface area contributed by atoms with Crippen LogP contribution in [0, 0.1) is 13.8 Å². The number of pyridine rings is 1. The number of Topliss-reactive ketones (excluding diaryl/α,β-unsaturated/α-hetero) is 1. The van der Waals surface area contributed by atoms with E-state index in [1.54, 1.807) is 41.8 Å². The molecule has 1 fully saturated rings. The molecule has 1 atom stereocenters. The van der Waals surface area contributed by atoms with Crippen molar-refractivity contribution >= 4 is 34.7 Å². The van der Waals surface area contributed by atoms with Gasteiger partial charge in [-0.15, -0.1) is 0 Å². The van der Waals surface area contributed by atoms with Crippen LogP contribution in [-0.2, 0) is 9.59 Å². The van der Waals surface area contributed by atoms with Gasteiger partial charge in [0, 0.05) is 24.3 Å². The Morgan fingerprint density at radius 2 is 1.84 bits per heavy atom. The molecule has 0 bridgehead atoms. The fourth-order valence-electron chi connectivity index (χ4n) is 4.14. The van der Waals surface area contributed by atoms with E-state index in [9.17, 15) is 14.7 Å². The molecule has 166 valence electrons. The maximum absolute atomic E-state index is 13.2. The number of halogens is 1. The monoisotopic (exact) mass is 452 g/mol. The highest BCUT2D eigenvalue weighted by molar-refractivity contribution is 6.46. The predicted molar refractivity (Wildman–Crippen MR) is 124 cm³/mol. The van der Waals surface area contributed by atoms with E-state index >= 15 is 0 Å². The number of aryl methyl sites for hydroxylation is 2. The number of ketones is 1. The second-order valence-electron chi connectivity index (χ2n) is 8.28. The van der Waals surface area contributed by atoms with Crippen molar-refractivity contribution in [2.75, 3.05) is 27.2 Å². The van der Waals surface area contributed by atoms with E-state index in [1.807, 2.05) is 38.1 Å². The molecular formula is C24H25ClN4O3. The minimum Gasteiger partial charge on any atom is -0.505 e. The van der Waals surface area contributed by atoms with Crippen molar-refractivity contribution in [1.29, 1.82) is 0 Å². The van der Waals surface area contributed by atoms with Gasteiger partial charge in [-0.1, -0.05) is 29.8 Å². The number of likely N-dealkylation sites (tertiary alicyclic amines) is 1. The number of rotatable bonds is 5. The molecular weight excluding hydrogens is 428 g/mol. The third kappa shape index (κ3) is 3.67. The lowest BCUT2D eigenvalue weighted by Gasteiger charge is -2.26. The summed E-state index contributed by atoms with van der Waals surface area (Å²) in [6.45, 7) is 4.62. The number of fused-ring (bicyclic) bond motifs is 1. The normalized spacial score (nSPS) is 18.3. The Balaban J connectivity index is 1.94. The van der Waals surface area contributed by atoms with Crippen LogP contribution in [0.3, 0.4) is 0 Å². The average Bonchev–Trinajstić information content (AvgIpc) is 3.21. The molecule has 2 aromatic heterocycles. The number of aromatic nitrogens is 2. The Kier molecular flexibility index (Phi) is 5.79. The van der Waals surface area contributed by atoms with Gasteiger partial charge >= 0.3 is 0 Å². The first-order chi connectivity index (χ1) is 15.2. The Bertz CT molecular complexity index is 1240. The third-order valence-corrected chi connectivity index (χ3v) is 6.01. The molecule has 8 heteroatoms. The molecule has 7 nitrogen and oxygen atoms in total. The summed E-state index contributed by atoms with van der Waals surface area (Å²) >= 11 is 6.07. The highest BCUT2D eigenvalue weighted by Gasteiger charge is 2.46. The second kappa shape index (κ2) is 8.41. The summed E-state index contributed by atoms with van der Waals surface area (Å²) in [6.07, 6.45) is 1.79. The highest BCUT2D eigenvalue weighted by Crippen LogP contribution is 2.40. The summed E-state index contributed by atoms with van der Waals surface area (Å²) in [6, 6.07) is 10.0. The van der Waals surface area contributed by atoms with E-state index in [0.29, 0.717) is 40.7 Å². The van der Waals surface area contributed by atoms with E-state index in [1.165, 1.54) is 4.90 Å². The van der Waals surface area contributed by atoms with Gasteiger partial charge in [0.2, 0.25) is 0 Å². The van der Waals surface area contributed by atoms with E-state index in [0.717, 1.165) is 5.56 Å². The van der Waals surface area contributed by atoms with Crippen LogP contribution >= 0.6 is 11.6 Å². The van der Waals surface area contributed by atoms with Crippen LogP contribution in [0.2, 0.25) is 5.02 Å². The van der Waals surface area contributed by atoms with E-state index in [2.05, 4.69) is 4.98 Å². The second-order valence-corrected chi connectivity index (χ2v) is 8.71. The van der Waals surface area contributed by atoms with Crippen molar-refractivity contribution in [3.63, 3.8) is 0 Å². The molecule has 3 heterocycles. The molecule has 32 heavy (non-hydrogen) atoms. The number of benzene rings is 1. The summed E-state index contributed by atoms with van der Waals surface area (Å²) in [4.78, 5) is 34.2. The van der Waals surface area contributed by atoms with Crippen LogP contribution in [0.4, 0.5) is 0 Å². The fourth-order valence-corrected chi connectivity index (χ4v) is 4.27. The van der Waals surface area contributed by atoms with Crippen LogP contribution in [0.5, 0.6) is 0 Å². The first-order valence-electron chi connectivity index (χ1n) is 10.3. The smallest absolute Gasteiger partial charge is 0.295 e. The highest BCUT2D eigenvalue weighted by atomic mass is 35.5. The molecule has 0 unspecified atom stereocenters. The number of hydrogen-bond donors (Lipinski definition) is 1. The number of likely N-dealkylation sites (N-methyl/N-ethyl adjacent to an activating group) is 1. The Morgan fingerprint density at radius 3 is 2.50 bits per heavy atom. The van der Waals surface area contributed by atoms with Gasteiger partial charge < -0.3 is 14.9 Å². The molecule has 0 aliphatic carbocycles. The summed E-state index contributed by atoms with van der Waals surface area (Å²) < 4.78 is 1.76. The lowest BCUT2D eigenvalue weighted by atomic mass is 9.96. The van der Waals surface area contributed by atoms with Gasteiger partial charge in [-0.25, -0.2) is 4.98 Å². The maximum Gasteiger partial charge on any atom is 0.295 e. The van der Waals surface area contributed by atoms with E-state index in [4.69, 9.17) is 11.6 Å². The van der Waals surface area contributed by atoms with Crippen molar-refractivity contribution < 1.29 is 14.7 Å². The molecule has 0 radical (unpaired) electrons. The number of amides is 1. The number of carbonyl (C=O) groups excluding carboxylic acids is 2. The Labute approximate surface area is 191 Å². The minimum atomic E-state index is -0.720. The van der Waals surface area contributed by atoms with Crippen molar-refractivity contribution in [3.8, 4) is 0 Å². The molecule has 1 aliphatic heterocycles. The predicted octanol–water partition coefficient (Wildman–Crippen LogP) is 3.59. The quantitative estimate of drug-likeness (QED) is 0.363. The largest absolute Gasteiger partial charge is 0.505 e. The van der Waals surface area contributed by atoms with Crippen LogP contribution in [0.1, 0.15) is 28.6 Å². The average molecular weight is 453 g/mol. The number of imidazole rings is 1. The molecule has 1 aromatic carbocycles. The number of carbonyl (C=O) groups is 2. The first-order valence-corrected chi connectivity index (χ1v) is 10.7. The van der Waals surface area contributed by atoms with Gasteiger partial charge in [-0.05, 0) is 57.3 Å². The van der Waals surface area contributed by atoms with Crippen molar-refractivity contribution in [2.24, 2.45) is 0 Å². The molecule has 0 saturated carbocycles. The molecule has 4 rings (SSSR count). The summed E-state index contributed by atoms with van der Waals surface area (Å²) in [5.74, 6) is -1.56. The molecule has 0 spiro atoms. The van der Waals surface area contributed by atoms with Gasteiger partial charge in [0.1, 0.15) is 11.3 Å². The summed E-state index contributed by atoms with van der Waals surface area (Å²) in [5.41, 5.74) is 3.38. The fraction of sp³-hybridized carbons (Fsp3) is 0.292. The zero-order chi connectivity index (χ0) is 23.2. The zero-order valence-electron chi connectivity index (χ0n) is 18.5. The lowest BCUT2D eigenvalue weighted by Crippen LogP contribution is -2.35.